The SMILES string of the molecule is C/C=C(/C)C(=O)O[C@H]1[C@@H](O)[C@H](O[C@H]2[C@H](OC(=O)/C(C)=C\C)[C@@]3(CO)C(CC2(C)C)C2=CCC4[C@@]5(C)CC[C@H](O[C@@H]6O[C@H](C(=O)O)[C@@H](O)[C@H](O[C@@H]7O[C@@H](CO)[C@H](O)[C@H]7O)[C@H]6O[C@@H]6O[C@H](CO)[C@H](O)[C@H](O)[C@H]6O)C(C)(C)C5CC[C@@]4(C)[C@]2(C)C[C@H]3O)O[C@@H](C)[C@@H]1OC(C)=O. The highest BCUT2D eigenvalue weighted by atomic mass is 16.8. The first kappa shape index (κ1) is 72.6. The second-order valence-corrected chi connectivity index (χ2v) is 29.3. The molecule has 30 atom stereocenters. The molecular formula is C65H100O27. The van der Waals surface area contributed by atoms with Crippen molar-refractivity contribution in [1.82, 2.24) is 0 Å². The topological polar surface area (TPSA) is 413 Å². The third-order valence-electron chi connectivity index (χ3n) is 23.6. The van der Waals surface area contributed by atoms with E-state index in [0.29, 0.717) is 32.1 Å². The molecule has 0 spiro atoms. The fourth-order valence-corrected chi connectivity index (χ4v) is 18.0. The second-order valence-electron chi connectivity index (χ2n) is 29.3. The minimum atomic E-state index is -2.13. The average molecular weight is 1310 g/mol. The van der Waals surface area contributed by atoms with Gasteiger partial charge in [-0.2, -0.15) is 0 Å². The highest BCUT2D eigenvalue weighted by Crippen LogP contribution is 2.76. The molecule has 0 aromatic rings. The summed E-state index contributed by atoms with van der Waals surface area (Å²) in [5, 5.41) is 134. The van der Waals surface area contributed by atoms with Crippen LogP contribution in [-0.2, 0) is 71.3 Å². The lowest BCUT2D eigenvalue weighted by molar-refractivity contribution is -0.386. The average Bonchev–Trinajstić information content (AvgIpc) is 0.725. The van der Waals surface area contributed by atoms with Crippen LogP contribution in [0.5, 0.6) is 0 Å². The first-order chi connectivity index (χ1) is 43.0. The standard InChI is InChI=1S/C65H100O27/c1-14-27(3)54(80)87-48-45(77)58(82-29(5)46(48)83-30(6)69)92-51-52(91-55(81)28(4)15-2)65(26-68)32(22-60(51,7)8)31-16-17-36-62(11)20-19-38(61(9,10)35(62)18-21-63(36,12)64(31,13)23-37(65)70)86-59-50(90-57-43(75)41(73)39(71)33(24-66)84-57)47(44(76)49(89-59)53(78)79)88-56-42(74)40(72)34(25-67)85-56/h14-16,29,32-52,56-59,66-68,70-77H,17-26H2,1-13H3,(H,78,79)/b27-14-,28-15-/t29-,32?,33+,34-,35?,36?,37+,38-,39-,40-,41-,42+,43+,44-,45+,46-,47-,48-,49-,50+,51-,52-,56-,57-,58-,59+,62-,63+,64+,65-/m0/s1. The van der Waals surface area contributed by atoms with Gasteiger partial charge in [0, 0.05) is 18.1 Å². The van der Waals surface area contributed by atoms with Gasteiger partial charge in [0.05, 0.1) is 43.5 Å². The van der Waals surface area contributed by atoms with Crippen LogP contribution in [0.3, 0.4) is 0 Å². The van der Waals surface area contributed by atoms with Gasteiger partial charge in [-0.3, -0.25) is 4.79 Å². The number of esters is 3. The summed E-state index contributed by atoms with van der Waals surface area (Å²) in [6.07, 6.45) is -28.9. The van der Waals surface area contributed by atoms with Gasteiger partial charge < -0.3 is 113 Å². The number of aliphatic hydroxyl groups is 11. The van der Waals surface area contributed by atoms with Crippen LogP contribution in [0.1, 0.15) is 135 Å². The van der Waals surface area contributed by atoms with Gasteiger partial charge in [-0.15, -0.1) is 0 Å². The molecule has 0 amide bonds. The fourth-order valence-electron chi connectivity index (χ4n) is 18.0. The van der Waals surface area contributed by atoms with Crippen LogP contribution in [0.4, 0.5) is 0 Å². The van der Waals surface area contributed by atoms with E-state index < -0.39 is 223 Å². The van der Waals surface area contributed by atoms with E-state index in [1.165, 1.54) is 19.9 Å². The number of ether oxygens (including phenoxy) is 11. The molecule has 27 heteroatoms. The van der Waals surface area contributed by atoms with Gasteiger partial charge >= 0.3 is 23.9 Å². The molecule has 5 aliphatic carbocycles. The highest BCUT2D eigenvalue weighted by Gasteiger charge is 2.74. The molecular weight excluding hydrogens is 1210 g/mol. The zero-order valence-electron chi connectivity index (χ0n) is 54.8. The molecule has 4 saturated heterocycles. The third-order valence-corrected chi connectivity index (χ3v) is 23.6. The van der Waals surface area contributed by atoms with E-state index in [2.05, 4.69) is 26.8 Å². The summed E-state index contributed by atoms with van der Waals surface area (Å²) in [5.41, 5.74) is -3.65. The molecule has 522 valence electrons. The van der Waals surface area contributed by atoms with Crippen molar-refractivity contribution < 1.29 is 133 Å². The molecule has 0 aromatic carbocycles. The number of rotatable bonds is 17. The number of allylic oxidation sites excluding steroid dienone is 4. The molecule has 8 fully saturated rings. The van der Waals surface area contributed by atoms with Crippen molar-refractivity contribution in [2.24, 2.45) is 50.2 Å². The lowest BCUT2D eigenvalue weighted by atomic mass is 9.33. The number of aliphatic carboxylic acids is 1. The van der Waals surface area contributed by atoms with E-state index in [1.807, 2.05) is 27.7 Å². The number of carboxylic acids is 1. The molecule has 27 nitrogen and oxygen atoms in total. The molecule has 12 N–H and O–H groups in total. The van der Waals surface area contributed by atoms with Crippen molar-refractivity contribution in [1.29, 1.82) is 0 Å². The van der Waals surface area contributed by atoms with E-state index in [0.717, 1.165) is 5.57 Å². The zero-order chi connectivity index (χ0) is 68.0. The molecule has 0 aromatic heterocycles. The quantitative estimate of drug-likeness (QED) is 0.0314. The maximum atomic E-state index is 14.3. The Labute approximate surface area is 535 Å². The fraction of sp³-hybridized carbons (Fsp3) is 0.846. The minimum Gasteiger partial charge on any atom is -0.479 e. The van der Waals surface area contributed by atoms with Crippen molar-refractivity contribution in [3.8, 4) is 0 Å². The largest absolute Gasteiger partial charge is 0.479 e. The van der Waals surface area contributed by atoms with Crippen molar-refractivity contribution >= 4 is 23.9 Å². The maximum absolute atomic E-state index is 14.3. The minimum absolute atomic E-state index is 0.0509. The third kappa shape index (κ3) is 12.2. The summed E-state index contributed by atoms with van der Waals surface area (Å²) in [6, 6.07) is 0. The van der Waals surface area contributed by atoms with Crippen LogP contribution in [0.2, 0.25) is 0 Å². The van der Waals surface area contributed by atoms with Gasteiger partial charge in [0.2, 0.25) is 0 Å². The lowest BCUT2D eigenvalue weighted by Crippen LogP contribution is -2.73. The van der Waals surface area contributed by atoms with Crippen LogP contribution in [0.15, 0.2) is 34.9 Å². The van der Waals surface area contributed by atoms with Crippen molar-refractivity contribution in [2.45, 2.75) is 276 Å². The highest BCUT2D eigenvalue weighted by molar-refractivity contribution is 5.88. The van der Waals surface area contributed by atoms with E-state index >= 15 is 0 Å². The van der Waals surface area contributed by atoms with E-state index in [1.54, 1.807) is 33.8 Å². The number of carboxylic acid groups (broad SMARTS) is 1. The monoisotopic (exact) mass is 1310 g/mol. The Morgan fingerprint density at radius 2 is 1.15 bits per heavy atom. The Hall–Kier alpha value is -3.66. The first-order valence-corrected chi connectivity index (χ1v) is 32.3. The van der Waals surface area contributed by atoms with Gasteiger partial charge in [0.25, 0.3) is 0 Å². The Morgan fingerprint density at radius 1 is 0.587 bits per heavy atom. The Balaban J connectivity index is 1.03. The van der Waals surface area contributed by atoms with Gasteiger partial charge in [-0.05, 0) is 124 Å². The number of carbonyl (C=O) groups excluding carboxylic acids is 3. The molecule has 4 saturated carbocycles. The van der Waals surface area contributed by atoms with Crippen LogP contribution in [0, 0.1) is 50.2 Å². The maximum Gasteiger partial charge on any atom is 0.335 e. The summed E-state index contributed by atoms with van der Waals surface area (Å²) >= 11 is 0. The summed E-state index contributed by atoms with van der Waals surface area (Å²) in [6.45, 7) is 21.5. The van der Waals surface area contributed by atoms with Crippen LogP contribution >= 0.6 is 0 Å². The molecule has 0 radical (unpaired) electrons. The molecule has 0 bridgehead atoms. The number of hydrogen-bond acceptors (Lipinski definition) is 26. The summed E-state index contributed by atoms with van der Waals surface area (Å²) in [4.78, 5) is 52.9. The smallest absolute Gasteiger partial charge is 0.335 e. The molecule has 9 rings (SSSR count). The van der Waals surface area contributed by atoms with E-state index in [-0.39, 0.29) is 35.8 Å². The van der Waals surface area contributed by atoms with Gasteiger partial charge in [0.15, 0.2) is 43.5 Å². The van der Waals surface area contributed by atoms with Gasteiger partial charge in [-0.1, -0.05) is 72.3 Å². The van der Waals surface area contributed by atoms with Crippen molar-refractivity contribution in [3.63, 3.8) is 0 Å². The predicted molar refractivity (Wildman–Crippen MR) is 316 cm³/mol. The van der Waals surface area contributed by atoms with Crippen molar-refractivity contribution in [2.75, 3.05) is 19.8 Å². The van der Waals surface area contributed by atoms with E-state index in [9.17, 15) is 80.5 Å². The predicted octanol–water partition coefficient (Wildman–Crippen LogP) is 0.715. The van der Waals surface area contributed by atoms with Crippen LogP contribution < -0.4 is 0 Å². The normalized spacial score (nSPS) is 48.4. The molecule has 4 heterocycles. The Bertz CT molecular complexity index is 2790. The first-order valence-electron chi connectivity index (χ1n) is 32.3. The van der Waals surface area contributed by atoms with E-state index in [4.69, 9.17) is 52.1 Å². The lowest BCUT2D eigenvalue weighted by Gasteiger charge is -2.72. The van der Waals surface area contributed by atoms with Crippen LogP contribution in [0.25, 0.3) is 0 Å². The number of fused-ring (bicyclic) bond motifs is 7. The molecule has 4 aliphatic heterocycles. The van der Waals surface area contributed by atoms with Gasteiger partial charge in [0.1, 0.15) is 79.4 Å². The number of aliphatic hydroxyl groups excluding tert-OH is 11. The van der Waals surface area contributed by atoms with Crippen molar-refractivity contribution in [3.05, 3.63) is 34.9 Å². The molecule has 92 heavy (non-hydrogen) atoms. The number of carbonyl (C=O) groups is 4. The van der Waals surface area contributed by atoms with Gasteiger partial charge in [-0.25, -0.2) is 14.4 Å². The van der Waals surface area contributed by atoms with Crippen LogP contribution in [-0.4, -0.2) is 246 Å². The number of hydrogen-bond donors (Lipinski definition) is 12. The Kier molecular flexibility index (Phi) is 21.3. The Morgan fingerprint density at radius 3 is 1.72 bits per heavy atom. The zero-order valence-corrected chi connectivity index (χ0v) is 54.8. The summed E-state index contributed by atoms with van der Waals surface area (Å²) < 4.78 is 67.8. The molecule has 9 aliphatic rings. The second kappa shape index (κ2) is 27.0. The summed E-state index contributed by atoms with van der Waals surface area (Å²) in [5.74, 6) is -4.68. The molecule has 3 unspecified atom stereocenters. The summed E-state index contributed by atoms with van der Waals surface area (Å²) in [7, 11) is 0.